The molecular formula is C21H17F6N3. The van der Waals surface area contributed by atoms with Crippen molar-refractivity contribution in [2.24, 2.45) is 9.98 Å². The van der Waals surface area contributed by atoms with Crippen LogP contribution in [0.5, 0.6) is 0 Å². The molecule has 1 heterocycles. The molecule has 158 valence electrons. The number of nitrogens with one attached hydrogen (secondary N) is 1. The van der Waals surface area contributed by atoms with Gasteiger partial charge in [-0.25, -0.2) is 9.98 Å². The molecule has 0 radical (unpaired) electrons. The highest BCUT2D eigenvalue weighted by molar-refractivity contribution is 6.13. The van der Waals surface area contributed by atoms with Gasteiger partial charge >= 0.3 is 12.4 Å². The molecule has 0 spiro atoms. The number of benzene rings is 2. The third-order valence-corrected chi connectivity index (χ3v) is 4.38. The van der Waals surface area contributed by atoms with E-state index in [1.54, 1.807) is 0 Å². The molecule has 0 amide bonds. The quantitative estimate of drug-likeness (QED) is 0.539. The normalized spacial score (nSPS) is 17.8. The van der Waals surface area contributed by atoms with Crippen molar-refractivity contribution in [2.75, 3.05) is 0 Å². The second-order valence-electron chi connectivity index (χ2n) is 6.52. The molecule has 1 aliphatic heterocycles. The van der Waals surface area contributed by atoms with E-state index in [-0.39, 0.29) is 0 Å². The number of amidine groups is 2. The molecule has 0 unspecified atom stereocenters. The van der Waals surface area contributed by atoms with Gasteiger partial charge < -0.3 is 5.32 Å². The number of hydrogen-bond acceptors (Lipinski definition) is 2. The molecule has 0 saturated carbocycles. The topological polar surface area (TPSA) is 36.8 Å². The first-order valence-electron chi connectivity index (χ1n) is 9.03. The molecule has 2 aromatic carbocycles. The molecular weight excluding hydrogens is 408 g/mol. The summed E-state index contributed by atoms with van der Waals surface area (Å²) in [6.45, 7) is 1.91. The highest BCUT2D eigenvalue weighted by atomic mass is 19.4. The van der Waals surface area contributed by atoms with Gasteiger partial charge in [-0.15, -0.1) is 0 Å². The molecule has 2 aromatic rings. The summed E-state index contributed by atoms with van der Waals surface area (Å²) in [6, 6.07) is 8.88. The Bertz CT molecular complexity index is 981. The monoisotopic (exact) mass is 425 g/mol. The first kappa shape index (κ1) is 21.6. The van der Waals surface area contributed by atoms with Crippen molar-refractivity contribution in [1.82, 2.24) is 5.32 Å². The summed E-state index contributed by atoms with van der Waals surface area (Å²) < 4.78 is 76.1. The van der Waals surface area contributed by atoms with Crippen molar-refractivity contribution in [3.8, 4) is 0 Å². The van der Waals surface area contributed by atoms with Crippen LogP contribution >= 0.6 is 0 Å². The number of hydrogen-bond donors (Lipinski definition) is 1. The van der Waals surface area contributed by atoms with Crippen molar-refractivity contribution in [3.05, 3.63) is 71.3 Å². The first-order chi connectivity index (χ1) is 14.1. The third-order valence-electron chi connectivity index (χ3n) is 4.38. The van der Waals surface area contributed by atoms with Crippen molar-refractivity contribution >= 4 is 23.0 Å². The smallest absolute Gasteiger partial charge is 0.328 e. The van der Waals surface area contributed by atoms with Crippen LogP contribution in [-0.2, 0) is 12.4 Å². The number of alkyl halides is 6. The lowest BCUT2D eigenvalue weighted by molar-refractivity contribution is -0.138. The largest absolute Gasteiger partial charge is 0.416 e. The average molecular weight is 425 g/mol. The predicted octanol–water partition coefficient (Wildman–Crippen LogP) is 6.81. The van der Waals surface area contributed by atoms with E-state index < -0.39 is 23.5 Å². The number of aliphatic imine (C=N–C) groups is 2. The molecule has 1 N–H and O–H groups in total. The Morgan fingerprint density at radius 3 is 1.67 bits per heavy atom. The van der Waals surface area contributed by atoms with Crippen LogP contribution in [0, 0.1) is 0 Å². The minimum atomic E-state index is -4.43. The van der Waals surface area contributed by atoms with E-state index in [0.717, 1.165) is 29.8 Å². The Morgan fingerprint density at radius 1 is 0.767 bits per heavy atom. The summed E-state index contributed by atoms with van der Waals surface area (Å²) in [7, 11) is 0. The highest BCUT2D eigenvalue weighted by Crippen LogP contribution is 2.31. The van der Waals surface area contributed by atoms with Crippen LogP contribution in [0.1, 0.15) is 30.9 Å². The van der Waals surface area contributed by atoms with Gasteiger partial charge in [-0.2, -0.15) is 26.3 Å². The maximum absolute atomic E-state index is 12.7. The molecule has 0 bridgehead atoms. The van der Waals surface area contributed by atoms with E-state index in [0.29, 0.717) is 35.9 Å². The van der Waals surface area contributed by atoms with E-state index in [2.05, 4.69) is 15.3 Å². The average Bonchev–Trinajstić information content (AvgIpc) is 2.68. The van der Waals surface area contributed by atoms with E-state index in [4.69, 9.17) is 0 Å². The van der Waals surface area contributed by atoms with E-state index in [1.807, 2.05) is 13.0 Å². The molecule has 0 atom stereocenters. The van der Waals surface area contributed by atoms with Gasteiger partial charge in [0.25, 0.3) is 0 Å². The van der Waals surface area contributed by atoms with Gasteiger partial charge in [-0.3, -0.25) is 0 Å². The first-order valence-corrected chi connectivity index (χ1v) is 9.03. The Kier molecular flexibility index (Phi) is 6.00. The fourth-order valence-corrected chi connectivity index (χ4v) is 2.80. The number of nitrogens with zero attached hydrogens (tertiary/aromatic N) is 2. The van der Waals surface area contributed by atoms with Crippen molar-refractivity contribution < 1.29 is 26.3 Å². The van der Waals surface area contributed by atoms with Crippen LogP contribution in [0.4, 0.5) is 37.7 Å². The van der Waals surface area contributed by atoms with Gasteiger partial charge in [0.2, 0.25) is 0 Å². The molecule has 3 nitrogen and oxygen atoms in total. The molecule has 3 rings (SSSR count). The zero-order chi connectivity index (χ0) is 21.9. The SMILES string of the molecule is CCC1=CCC(=Nc2ccc(C(F)(F)F)cc2)NC1=Nc1ccc(C(F)(F)F)cc1. The Labute approximate surface area is 168 Å². The van der Waals surface area contributed by atoms with E-state index >= 15 is 0 Å². The van der Waals surface area contributed by atoms with E-state index in [1.165, 1.54) is 24.3 Å². The zero-order valence-corrected chi connectivity index (χ0v) is 15.8. The molecule has 0 fully saturated rings. The van der Waals surface area contributed by atoms with Crippen LogP contribution in [-0.4, -0.2) is 11.7 Å². The Balaban J connectivity index is 1.84. The van der Waals surface area contributed by atoms with E-state index in [9.17, 15) is 26.3 Å². The van der Waals surface area contributed by atoms with Crippen molar-refractivity contribution in [3.63, 3.8) is 0 Å². The Hall–Kier alpha value is -3.10. The van der Waals surface area contributed by atoms with Gasteiger partial charge in [-0.1, -0.05) is 13.0 Å². The summed E-state index contributed by atoms with van der Waals surface area (Å²) in [5.74, 6) is 0.909. The van der Waals surface area contributed by atoms with Gasteiger partial charge in [-0.05, 0) is 60.5 Å². The molecule has 0 saturated heterocycles. The maximum Gasteiger partial charge on any atom is 0.416 e. The van der Waals surface area contributed by atoms with Crippen LogP contribution in [0.3, 0.4) is 0 Å². The number of rotatable bonds is 3. The molecule has 0 aliphatic carbocycles. The fraction of sp³-hybridized carbons (Fsp3) is 0.238. The molecule has 0 aromatic heterocycles. The van der Waals surface area contributed by atoms with Crippen LogP contribution in [0.25, 0.3) is 0 Å². The second kappa shape index (κ2) is 8.33. The van der Waals surface area contributed by atoms with Crippen molar-refractivity contribution in [2.45, 2.75) is 32.1 Å². The van der Waals surface area contributed by atoms with Gasteiger partial charge in [0.1, 0.15) is 11.7 Å². The lowest BCUT2D eigenvalue weighted by atomic mass is 10.1. The lowest BCUT2D eigenvalue weighted by Crippen LogP contribution is -2.34. The van der Waals surface area contributed by atoms with Gasteiger partial charge in [0.15, 0.2) is 0 Å². The summed E-state index contributed by atoms with van der Waals surface area (Å²) in [5.41, 5.74) is 0.00858. The zero-order valence-electron chi connectivity index (χ0n) is 15.8. The van der Waals surface area contributed by atoms with Crippen LogP contribution < -0.4 is 5.32 Å². The third kappa shape index (κ3) is 5.28. The van der Waals surface area contributed by atoms with Gasteiger partial charge in [0, 0.05) is 6.42 Å². The van der Waals surface area contributed by atoms with Gasteiger partial charge in [0.05, 0.1) is 22.5 Å². The fourth-order valence-electron chi connectivity index (χ4n) is 2.80. The summed E-state index contributed by atoms with van der Waals surface area (Å²) >= 11 is 0. The summed E-state index contributed by atoms with van der Waals surface area (Å²) in [4.78, 5) is 8.68. The minimum absolute atomic E-state index is 0.334. The highest BCUT2D eigenvalue weighted by Gasteiger charge is 2.30. The minimum Gasteiger partial charge on any atom is -0.328 e. The van der Waals surface area contributed by atoms with Crippen molar-refractivity contribution in [1.29, 1.82) is 0 Å². The summed E-state index contributed by atoms with van der Waals surface area (Å²) in [5, 5.41) is 3.03. The number of halogens is 6. The van der Waals surface area contributed by atoms with Crippen LogP contribution in [0.15, 0.2) is 70.2 Å². The summed E-state index contributed by atoms with van der Waals surface area (Å²) in [6.07, 6.45) is -5.90. The molecule has 1 aliphatic rings. The predicted molar refractivity (Wildman–Crippen MR) is 103 cm³/mol. The Morgan fingerprint density at radius 2 is 1.23 bits per heavy atom. The molecule has 9 heteroatoms. The van der Waals surface area contributed by atoms with Crippen LogP contribution in [0.2, 0.25) is 0 Å². The standard InChI is InChI=1S/C21H17F6N3/c1-2-13-3-12-18(28-16-8-4-14(5-9-16)20(22,23)24)30-19(13)29-17-10-6-15(7-11-17)21(25,26)27/h3-11H,2,12H2,1H3,(H,28,29,30). The second-order valence-corrected chi connectivity index (χ2v) is 6.52. The molecule has 30 heavy (non-hydrogen) atoms. The maximum atomic E-state index is 12.7. The lowest BCUT2D eigenvalue weighted by Gasteiger charge is -2.19.